The Kier molecular flexibility index (Phi) is 3.84. The van der Waals surface area contributed by atoms with Crippen molar-refractivity contribution >= 4 is 23.2 Å². The van der Waals surface area contributed by atoms with Crippen molar-refractivity contribution in [2.75, 3.05) is 13.1 Å². The van der Waals surface area contributed by atoms with Gasteiger partial charge in [-0.2, -0.15) is 11.3 Å². The monoisotopic (exact) mass is 341 g/mol. The van der Waals surface area contributed by atoms with Crippen LogP contribution in [0.1, 0.15) is 41.1 Å². The Bertz CT molecular complexity index is 737. The highest BCUT2D eigenvalue weighted by atomic mass is 32.1. The Morgan fingerprint density at radius 2 is 2.17 bits per heavy atom. The summed E-state index contributed by atoms with van der Waals surface area (Å²) in [5, 5.41) is 7.03. The molecule has 2 aliphatic heterocycles. The minimum Gasteiger partial charge on any atom is -0.350 e. The molecule has 2 aliphatic rings. The van der Waals surface area contributed by atoms with Gasteiger partial charge in [0.15, 0.2) is 0 Å². The molecule has 0 aliphatic carbocycles. The van der Waals surface area contributed by atoms with Crippen molar-refractivity contribution in [3.8, 4) is 0 Å². The Labute approximate surface area is 144 Å². The molecule has 0 aromatic carbocycles. The van der Waals surface area contributed by atoms with Crippen LogP contribution in [0.4, 0.5) is 0 Å². The third-order valence-electron chi connectivity index (χ3n) is 5.16. The maximum atomic E-state index is 12.5. The second-order valence-corrected chi connectivity index (χ2v) is 7.40. The van der Waals surface area contributed by atoms with Crippen molar-refractivity contribution in [3.63, 3.8) is 0 Å². The maximum Gasteiger partial charge on any atom is 0.254 e. The lowest BCUT2D eigenvalue weighted by atomic mass is 9.82. The number of piperidine rings is 1. The van der Waals surface area contributed by atoms with Crippen LogP contribution < -0.4 is 5.32 Å². The lowest BCUT2D eigenvalue weighted by Crippen LogP contribution is -2.52. The smallest absolute Gasteiger partial charge is 0.254 e. The van der Waals surface area contributed by atoms with E-state index in [1.165, 1.54) is 11.3 Å². The van der Waals surface area contributed by atoms with Crippen LogP contribution in [-0.4, -0.2) is 40.3 Å². The van der Waals surface area contributed by atoms with Gasteiger partial charge in [-0.25, -0.2) is 0 Å². The topological polar surface area (TPSA) is 62.3 Å². The predicted octanol–water partition coefficient (Wildman–Crippen LogP) is 2.42. The van der Waals surface area contributed by atoms with Crippen molar-refractivity contribution in [2.45, 2.75) is 30.7 Å². The van der Waals surface area contributed by atoms with E-state index >= 15 is 0 Å². The summed E-state index contributed by atoms with van der Waals surface area (Å²) in [5.74, 6) is 0.0534. The van der Waals surface area contributed by atoms with Crippen molar-refractivity contribution in [2.24, 2.45) is 0 Å². The van der Waals surface area contributed by atoms with Gasteiger partial charge in [-0.15, -0.1) is 0 Å². The summed E-state index contributed by atoms with van der Waals surface area (Å²) in [6.07, 6.45) is 5.91. The molecule has 0 radical (unpaired) electrons. The number of nitrogens with one attached hydrogen (secondary N) is 1. The van der Waals surface area contributed by atoms with Gasteiger partial charge in [0.25, 0.3) is 5.91 Å². The molecule has 4 heterocycles. The number of amides is 2. The van der Waals surface area contributed by atoms with Crippen LogP contribution in [0.2, 0.25) is 0 Å². The SMILES string of the molecule is O=C1NC2(CCN(C(=O)c3ccsc3)CC2)CC1c1cccnc1. The second kappa shape index (κ2) is 6.02. The average Bonchev–Trinajstić information content (AvgIpc) is 3.25. The first kappa shape index (κ1) is 15.3. The van der Waals surface area contributed by atoms with E-state index in [-0.39, 0.29) is 23.3 Å². The molecule has 2 aromatic rings. The molecule has 1 unspecified atom stereocenters. The zero-order valence-corrected chi connectivity index (χ0v) is 14.1. The van der Waals surface area contributed by atoms with Crippen LogP contribution in [0.25, 0.3) is 0 Å². The molecule has 4 rings (SSSR count). The zero-order valence-electron chi connectivity index (χ0n) is 13.3. The van der Waals surface area contributed by atoms with Gasteiger partial charge >= 0.3 is 0 Å². The van der Waals surface area contributed by atoms with E-state index in [2.05, 4.69) is 10.3 Å². The van der Waals surface area contributed by atoms with Gasteiger partial charge < -0.3 is 10.2 Å². The van der Waals surface area contributed by atoms with Crippen LogP contribution >= 0.6 is 11.3 Å². The first-order chi connectivity index (χ1) is 11.7. The molecule has 2 aromatic heterocycles. The van der Waals surface area contributed by atoms with Crippen molar-refractivity contribution in [3.05, 3.63) is 52.5 Å². The molecular weight excluding hydrogens is 322 g/mol. The van der Waals surface area contributed by atoms with Gasteiger partial charge in [-0.1, -0.05) is 6.07 Å². The number of carbonyl (C=O) groups excluding carboxylic acids is 2. The molecule has 6 heteroatoms. The van der Waals surface area contributed by atoms with E-state index in [0.29, 0.717) is 13.1 Å². The van der Waals surface area contributed by atoms with Crippen LogP contribution in [0, 0.1) is 0 Å². The van der Waals surface area contributed by atoms with E-state index in [9.17, 15) is 9.59 Å². The number of pyridine rings is 1. The first-order valence-electron chi connectivity index (χ1n) is 8.20. The van der Waals surface area contributed by atoms with Crippen molar-refractivity contribution in [1.82, 2.24) is 15.2 Å². The number of likely N-dealkylation sites (tertiary alicyclic amines) is 1. The zero-order chi connectivity index (χ0) is 16.6. The number of rotatable bonds is 2. The summed E-state index contributed by atoms with van der Waals surface area (Å²) < 4.78 is 0. The van der Waals surface area contributed by atoms with Crippen LogP contribution in [0.5, 0.6) is 0 Å². The summed E-state index contributed by atoms with van der Waals surface area (Å²) in [4.78, 5) is 30.9. The standard InChI is InChI=1S/C18H19N3O2S/c22-16-15(13-2-1-6-19-11-13)10-18(20-16)4-7-21(8-5-18)17(23)14-3-9-24-12-14/h1-3,6,9,11-12,15H,4-5,7-8,10H2,(H,20,22). The molecule has 1 spiro atoms. The number of aromatic nitrogens is 1. The van der Waals surface area contributed by atoms with Crippen molar-refractivity contribution in [1.29, 1.82) is 0 Å². The largest absolute Gasteiger partial charge is 0.350 e. The molecule has 24 heavy (non-hydrogen) atoms. The fraction of sp³-hybridized carbons (Fsp3) is 0.389. The molecule has 5 nitrogen and oxygen atoms in total. The molecule has 1 N–H and O–H groups in total. The second-order valence-electron chi connectivity index (χ2n) is 6.62. The van der Waals surface area contributed by atoms with Crippen LogP contribution in [0.3, 0.4) is 0 Å². The predicted molar refractivity (Wildman–Crippen MR) is 91.9 cm³/mol. The van der Waals surface area contributed by atoms with Gasteiger partial charge in [0.05, 0.1) is 11.5 Å². The van der Waals surface area contributed by atoms with Crippen LogP contribution in [-0.2, 0) is 4.79 Å². The highest BCUT2D eigenvalue weighted by Gasteiger charge is 2.46. The summed E-state index contributed by atoms with van der Waals surface area (Å²) in [5.41, 5.74) is 1.56. The summed E-state index contributed by atoms with van der Waals surface area (Å²) >= 11 is 1.54. The van der Waals surface area contributed by atoms with Gasteiger partial charge in [0.1, 0.15) is 0 Å². The number of thiophene rings is 1. The molecule has 2 saturated heterocycles. The molecule has 124 valence electrons. The summed E-state index contributed by atoms with van der Waals surface area (Å²) in [6.45, 7) is 1.38. The number of carbonyl (C=O) groups is 2. The number of hydrogen-bond acceptors (Lipinski definition) is 4. The third-order valence-corrected chi connectivity index (χ3v) is 5.85. The molecular formula is C18H19N3O2S. The maximum absolute atomic E-state index is 12.5. The summed E-state index contributed by atoms with van der Waals surface area (Å²) in [6, 6.07) is 5.70. The van der Waals surface area contributed by atoms with E-state index in [4.69, 9.17) is 0 Å². The van der Waals surface area contributed by atoms with Crippen molar-refractivity contribution < 1.29 is 9.59 Å². The van der Waals surface area contributed by atoms with Crippen LogP contribution in [0.15, 0.2) is 41.4 Å². The van der Waals surface area contributed by atoms with E-state index in [0.717, 1.165) is 30.4 Å². The molecule has 1 atom stereocenters. The van der Waals surface area contributed by atoms with E-state index in [1.807, 2.05) is 33.9 Å². The fourth-order valence-electron chi connectivity index (χ4n) is 3.77. The minimum absolute atomic E-state index is 0.0839. The molecule has 0 saturated carbocycles. The summed E-state index contributed by atoms with van der Waals surface area (Å²) in [7, 11) is 0. The minimum atomic E-state index is -0.178. The van der Waals surface area contributed by atoms with Gasteiger partial charge in [0, 0.05) is 36.4 Å². The average molecular weight is 341 g/mol. The first-order valence-corrected chi connectivity index (χ1v) is 9.15. The lowest BCUT2D eigenvalue weighted by molar-refractivity contribution is -0.121. The van der Waals surface area contributed by atoms with E-state index in [1.54, 1.807) is 12.4 Å². The third kappa shape index (κ3) is 2.71. The Balaban J connectivity index is 1.44. The number of hydrogen-bond donors (Lipinski definition) is 1. The quantitative estimate of drug-likeness (QED) is 0.912. The molecule has 0 bridgehead atoms. The highest BCUT2D eigenvalue weighted by molar-refractivity contribution is 7.08. The highest BCUT2D eigenvalue weighted by Crippen LogP contribution is 2.39. The number of nitrogens with zero attached hydrogens (tertiary/aromatic N) is 2. The molecule has 2 fully saturated rings. The van der Waals surface area contributed by atoms with Gasteiger partial charge in [0.2, 0.25) is 5.91 Å². The Hall–Kier alpha value is -2.21. The Morgan fingerprint density at radius 1 is 1.33 bits per heavy atom. The fourth-order valence-corrected chi connectivity index (χ4v) is 4.40. The molecule has 2 amide bonds. The normalized spacial score (nSPS) is 22.6. The lowest BCUT2D eigenvalue weighted by Gasteiger charge is -2.39. The van der Waals surface area contributed by atoms with Gasteiger partial charge in [-0.05, 0) is 42.3 Å². The van der Waals surface area contributed by atoms with E-state index < -0.39 is 0 Å². The van der Waals surface area contributed by atoms with Gasteiger partial charge in [-0.3, -0.25) is 14.6 Å². The Morgan fingerprint density at radius 3 is 2.83 bits per heavy atom.